The van der Waals surface area contributed by atoms with E-state index in [2.05, 4.69) is 13.2 Å². The third-order valence-electron chi connectivity index (χ3n) is 2.57. The highest BCUT2D eigenvalue weighted by atomic mass is 19.4. The van der Waals surface area contributed by atoms with Gasteiger partial charge in [0.05, 0.1) is 11.1 Å². The number of alkyl halides is 4. The Morgan fingerprint density at radius 2 is 1.73 bits per heavy atom. The molecule has 22 heavy (non-hydrogen) atoms. The van der Waals surface area contributed by atoms with Crippen molar-refractivity contribution in [3.8, 4) is 6.07 Å². The first-order chi connectivity index (χ1) is 10.2. The molecule has 0 heterocycles. The Bertz CT molecular complexity index is 595. The summed E-state index contributed by atoms with van der Waals surface area (Å²) in [6, 6.07) is 1.51. The number of nitrogens with zero attached hydrogens (tertiary/aromatic N) is 1. The SMILES string of the molecule is C=C\C=C(F)/C(C#N)=C(C)/C(=C/C(=C\C=C)C(F)(F)F)CF. The van der Waals surface area contributed by atoms with Crippen molar-refractivity contribution in [3.05, 3.63) is 71.7 Å². The van der Waals surface area contributed by atoms with E-state index in [1.54, 1.807) is 0 Å². The first-order valence-electron chi connectivity index (χ1n) is 5.99. The molecule has 0 rings (SSSR count). The summed E-state index contributed by atoms with van der Waals surface area (Å²) < 4.78 is 65.0. The molecule has 0 aliphatic rings. The van der Waals surface area contributed by atoms with Gasteiger partial charge in [0.2, 0.25) is 0 Å². The van der Waals surface area contributed by atoms with Gasteiger partial charge in [-0.25, -0.2) is 8.78 Å². The summed E-state index contributed by atoms with van der Waals surface area (Å²) in [6.07, 6.45) is -0.713. The van der Waals surface area contributed by atoms with Crippen molar-refractivity contribution in [2.75, 3.05) is 6.67 Å². The molecule has 0 unspecified atom stereocenters. The molecule has 0 fully saturated rings. The van der Waals surface area contributed by atoms with E-state index in [9.17, 15) is 22.0 Å². The van der Waals surface area contributed by atoms with Crippen LogP contribution in [-0.4, -0.2) is 12.9 Å². The van der Waals surface area contributed by atoms with E-state index in [0.717, 1.165) is 18.2 Å². The Morgan fingerprint density at radius 1 is 1.18 bits per heavy atom. The van der Waals surface area contributed by atoms with Crippen molar-refractivity contribution in [3.63, 3.8) is 0 Å². The minimum Gasteiger partial charge on any atom is -0.246 e. The average Bonchev–Trinajstić information content (AvgIpc) is 2.43. The quantitative estimate of drug-likeness (QED) is 0.364. The van der Waals surface area contributed by atoms with Crippen molar-refractivity contribution in [1.82, 2.24) is 0 Å². The molecule has 0 bridgehead atoms. The lowest BCUT2D eigenvalue weighted by molar-refractivity contribution is -0.0882. The van der Waals surface area contributed by atoms with Gasteiger partial charge in [0.15, 0.2) is 0 Å². The lowest BCUT2D eigenvalue weighted by Crippen LogP contribution is -2.11. The predicted octanol–water partition coefficient (Wildman–Crippen LogP) is 5.44. The van der Waals surface area contributed by atoms with Crippen molar-refractivity contribution >= 4 is 0 Å². The van der Waals surface area contributed by atoms with Crippen LogP contribution in [0.25, 0.3) is 0 Å². The Morgan fingerprint density at radius 3 is 2.09 bits per heavy atom. The van der Waals surface area contributed by atoms with E-state index >= 15 is 0 Å². The topological polar surface area (TPSA) is 23.8 Å². The van der Waals surface area contributed by atoms with Crippen LogP contribution >= 0.6 is 0 Å². The van der Waals surface area contributed by atoms with Gasteiger partial charge in [-0.1, -0.05) is 31.4 Å². The molecule has 6 heteroatoms. The number of rotatable bonds is 6. The van der Waals surface area contributed by atoms with Gasteiger partial charge in [0.25, 0.3) is 0 Å². The molecule has 118 valence electrons. The van der Waals surface area contributed by atoms with E-state index in [1.807, 2.05) is 0 Å². The fourth-order valence-corrected chi connectivity index (χ4v) is 1.45. The Hall–Kier alpha value is -2.42. The zero-order valence-corrected chi connectivity index (χ0v) is 11.8. The number of hydrogen-bond donors (Lipinski definition) is 0. The fourth-order valence-electron chi connectivity index (χ4n) is 1.45. The van der Waals surface area contributed by atoms with E-state index in [4.69, 9.17) is 5.26 Å². The average molecular weight is 315 g/mol. The molecule has 0 aromatic carbocycles. The summed E-state index contributed by atoms with van der Waals surface area (Å²) >= 11 is 0. The summed E-state index contributed by atoms with van der Waals surface area (Å²) in [5.74, 6) is -1.00. The third-order valence-corrected chi connectivity index (χ3v) is 2.57. The van der Waals surface area contributed by atoms with E-state index in [0.29, 0.717) is 12.2 Å². The number of nitriles is 1. The highest BCUT2D eigenvalue weighted by Crippen LogP contribution is 2.30. The summed E-state index contributed by atoms with van der Waals surface area (Å²) in [7, 11) is 0. The third kappa shape index (κ3) is 5.52. The van der Waals surface area contributed by atoms with Gasteiger partial charge in [-0.15, -0.1) is 0 Å². The maximum absolute atomic E-state index is 13.6. The summed E-state index contributed by atoms with van der Waals surface area (Å²) in [6.45, 7) is 6.27. The largest absolute Gasteiger partial charge is 0.416 e. The molecule has 0 spiro atoms. The standard InChI is InChI=1S/C16H14F5N/c1-4-6-13(16(19,20)21)8-12(9-17)11(3)14(10-22)15(18)7-5-2/h4-8H,1-2,9H2,3H3/b12-8+,13-6+,14-11+,15-7+. The lowest BCUT2D eigenvalue weighted by atomic mass is 9.99. The van der Waals surface area contributed by atoms with E-state index in [1.165, 1.54) is 13.0 Å². The van der Waals surface area contributed by atoms with Crippen LogP contribution in [0.3, 0.4) is 0 Å². The van der Waals surface area contributed by atoms with Gasteiger partial charge >= 0.3 is 6.18 Å². The Kier molecular flexibility index (Phi) is 7.81. The molecule has 0 aliphatic heterocycles. The molecule has 0 aromatic rings. The zero-order chi connectivity index (χ0) is 17.3. The van der Waals surface area contributed by atoms with Gasteiger partial charge in [-0.3, -0.25) is 0 Å². The van der Waals surface area contributed by atoms with Gasteiger partial charge in [0, 0.05) is 0 Å². The van der Waals surface area contributed by atoms with Crippen molar-refractivity contribution in [2.24, 2.45) is 0 Å². The maximum atomic E-state index is 13.6. The molecular formula is C16H14F5N. The normalized spacial score (nSPS) is 15.0. The Labute approximate surface area is 125 Å². The molecule has 0 amide bonds. The lowest BCUT2D eigenvalue weighted by Gasteiger charge is -2.11. The minimum atomic E-state index is -4.73. The highest BCUT2D eigenvalue weighted by Gasteiger charge is 2.32. The predicted molar refractivity (Wildman–Crippen MR) is 76.1 cm³/mol. The highest BCUT2D eigenvalue weighted by molar-refractivity contribution is 5.51. The second kappa shape index (κ2) is 8.78. The molecule has 0 aliphatic carbocycles. The van der Waals surface area contributed by atoms with Gasteiger partial charge < -0.3 is 0 Å². The fraction of sp³-hybridized carbons (Fsp3) is 0.188. The second-order valence-electron chi connectivity index (χ2n) is 4.02. The molecule has 0 saturated heterocycles. The van der Waals surface area contributed by atoms with Crippen LogP contribution in [0.4, 0.5) is 22.0 Å². The van der Waals surface area contributed by atoms with Crippen LogP contribution in [0, 0.1) is 11.3 Å². The zero-order valence-electron chi connectivity index (χ0n) is 11.8. The van der Waals surface area contributed by atoms with E-state index < -0.39 is 35.4 Å². The second-order valence-corrected chi connectivity index (χ2v) is 4.02. The minimum absolute atomic E-state index is 0.222. The first-order valence-corrected chi connectivity index (χ1v) is 5.99. The molecule has 0 aromatic heterocycles. The molecule has 1 nitrogen and oxygen atoms in total. The van der Waals surface area contributed by atoms with Crippen molar-refractivity contribution < 1.29 is 22.0 Å². The number of allylic oxidation sites excluding steroid dienone is 10. The summed E-state index contributed by atoms with van der Waals surface area (Å²) in [5, 5.41) is 8.91. The van der Waals surface area contributed by atoms with Crippen LogP contribution in [0.1, 0.15) is 6.92 Å². The number of hydrogen-bond acceptors (Lipinski definition) is 1. The van der Waals surface area contributed by atoms with Crippen LogP contribution in [-0.2, 0) is 0 Å². The molecule has 0 atom stereocenters. The van der Waals surface area contributed by atoms with Gasteiger partial charge in [-0.05, 0) is 30.2 Å². The van der Waals surface area contributed by atoms with Crippen molar-refractivity contribution in [2.45, 2.75) is 13.1 Å². The van der Waals surface area contributed by atoms with Crippen molar-refractivity contribution in [1.29, 1.82) is 5.26 Å². The molecule has 0 radical (unpaired) electrons. The van der Waals surface area contributed by atoms with Crippen LogP contribution < -0.4 is 0 Å². The summed E-state index contributed by atoms with van der Waals surface area (Å²) in [5.41, 5.74) is -2.38. The maximum Gasteiger partial charge on any atom is 0.416 e. The van der Waals surface area contributed by atoms with E-state index in [-0.39, 0.29) is 5.57 Å². The molecular weight excluding hydrogens is 301 g/mol. The monoisotopic (exact) mass is 315 g/mol. The van der Waals surface area contributed by atoms with Gasteiger partial charge in [-0.2, -0.15) is 18.4 Å². The first kappa shape index (κ1) is 19.6. The Balaban J connectivity index is 6.16. The van der Waals surface area contributed by atoms with Crippen LogP contribution in [0.5, 0.6) is 0 Å². The smallest absolute Gasteiger partial charge is 0.246 e. The van der Waals surface area contributed by atoms with Crippen LogP contribution in [0.15, 0.2) is 71.7 Å². The molecule has 0 N–H and O–H groups in total. The summed E-state index contributed by atoms with van der Waals surface area (Å²) in [4.78, 5) is 0. The van der Waals surface area contributed by atoms with Gasteiger partial charge in [0.1, 0.15) is 18.6 Å². The number of halogens is 5. The van der Waals surface area contributed by atoms with Crippen LogP contribution in [0.2, 0.25) is 0 Å². The molecule has 0 saturated carbocycles.